The molecule has 1 saturated heterocycles. The van der Waals surface area contributed by atoms with Crippen LogP contribution in [0.2, 0.25) is 0 Å². The van der Waals surface area contributed by atoms with E-state index in [2.05, 4.69) is 9.42 Å². The predicted octanol–water partition coefficient (Wildman–Crippen LogP) is 0.628. The van der Waals surface area contributed by atoms with Gasteiger partial charge in [-0.05, 0) is 38.3 Å². The molecule has 0 spiro atoms. The summed E-state index contributed by atoms with van der Waals surface area (Å²) in [5, 5.41) is 10.4. The van der Waals surface area contributed by atoms with Gasteiger partial charge in [0.05, 0.1) is 13.2 Å². The predicted molar refractivity (Wildman–Crippen MR) is 57.3 cm³/mol. The number of likely N-dealkylation sites (tertiary alicyclic amines) is 1. The van der Waals surface area contributed by atoms with Crippen LogP contribution in [-0.4, -0.2) is 47.5 Å². The Kier molecular flexibility index (Phi) is 5.89. The van der Waals surface area contributed by atoms with Gasteiger partial charge >= 0.3 is 7.82 Å². The number of phosphoric acid groups is 1. The van der Waals surface area contributed by atoms with Crippen molar-refractivity contribution >= 4 is 7.82 Å². The van der Waals surface area contributed by atoms with Crippen LogP contribution >= 0.6 is 7.82 Å². The fraction of sp³-hybridized carbons (Fsp3) is 1.00. The fourth-order valence-electron chi connectivity index (χ4n) is 1.97. The van der Waals surface area contributed by atoms with Crippen LogP contribution in [0.25, 0.3) is 0 Å². The molecule has 0 aliphatic carbocycles. The maximum atomic E-state index is 10.4. The van der Waals surface area contributed by atoms with Gasteiger partial charge in [-0.2, -0.15) is 0 Å². The molecule has 1 aliphatic heterocycles. The van der Waals surface area contributed by atoms with Crippen molar-refractivity contribution in [2.24, 2.45) is 5.92 Å². The van der Waals surface area contributed by atoms with Crippen molar-refractivity contribution in [2.45, 2.75) is 19.3 Å². The third kappa shape index (κ3) is 5.94. The number of hydrogen-bond donors (Lipinski definition) is 2. The molecule has 0 amide bonds. The zero-order valence-electron chi connectivity index (χ0n) is 9.25. The van der Waals surface area contributed by atoms with Gasteiger partial charge in [0.1, 0.15) is 0 Å². The summed E-state index contributed by atoms with van der Waals surface area (Å²) in [6.07, 6.45) is 2.63. The first kappa shape index (κ1) is 14.1. The van der Waals surface area contributed by atoms with E-state index in [1.165, 1.54) is 0 Å². The van der Waals surface area contributed by atoms with Gasteiger partial charge in [-0.1, -0.05) is 0 Å². The van der Waals surface area contributed by atoms with E-state index in [9.17, 15) is 9.67 Å². The molecule has 7 heteroatoms. The second-order valence-corrected chi connectivity index (χ2v) is 5.34. The van der Waals surface area contributed by atoms with Crippen molar-refractivity contribution in [3.8, 4) is 0 Å². The van der Waals surface area contributed by atoms with E-state index >= 15 is 0 Å². The quantitative estimate of drug-likeness (QED) is 0.676. The molecule has 0 saturated carbocycles. The molecule has 16 heavy (non-hydrogen) atoms. The second-order valence-electron chi connectivity index (χ2n) is 4.10. The van der Waals surface area contributed by atoms with E-state index < -0.39 is 7.82 Å². The second kappa shape index (κ2) is 6.69. The molecule has 6 nitrogen and oxygen atoms in total. The third-order valence-electron chi connectivity index (χ3n) is 2.90. The van der Waals surface area contributed by atoms with Crippen molar-refractivity contribution in [3.05, 3.63) is 0 Å². The molecule has 0 atom stereocenters. The summed E-state index contributed by atoms with van der Waals surface area (Å²) in [6.45, 7) is 2.46. The van der Waals surface area contributed by atoms with E-state index in [4.69, 9.17) is 9.79 Å². The minimum atomic E-state index is -4.31. The third-order valence-corrected chi connectivity index (χ3v) is 3.42. The van der Waals surface area contributed by atoms with Crippen LogP contribution in [0.1, 0.15) is 19.3 Å². The molecular weight excluding hydrogens is 233 g/mol. The molecule has 1 fully saturated rings. The highest BCUT2D eigenvalue weighted by Crippen LogP contribution is 2.36. The summed E-state index contributed by atoms with van der Waals surface area (Å²) in [7, 11) is -4.31. The minimum absolute atomic E-state index is 0.0635. The zero-order valence-corrected chi connectivity index (χ0v) is 10.1. The van der Waals surface area contributed by atoms with Gasteiger partial charge in [-0.25, -0.2) is 9.67 Å². The SMILES string of the molecule is [O]CCN1CCC(CCOP(=O)(O)O)CC1. The van der Waals surface area contributed by atoms with Gasteiger partial charge in [-0.3, -0.25) is 4.52 Å². The molecule has 0 unspecified atom stereocenters. The summed E-state index contributed by atoms with van der Waals surface area (Å²) >= 11 is 0. The normalized spacial score (nSPS) is 20.2. The molecule has 1 aliphatic rings. The summed E-state index contributed by atoms with van der Waals surface area (Å²) < 4.78 is 14.8. The summed E-state index contributed by atoms with van der Waals surface area (Å²) in [6, 6.07) is 0. The smallest absolute Gasteiger partial charge is 0.303 e. The molecule has 0 aromatic heterocycles. The van der Waals surface area contributed by atoms with Crippen molar-refractivity contribution < 1.29 is 24.0 Å². The maximum absolute atomic E-state index is 10.4. The number of nitrogens with zero attached hydrogens (tertiary/aromatic N) is 1. The highest BCUT2D eigenvalue weighted by Gasteiger charge is 2.20. The number of hydrogen-bond acceptors (Lipinski definition) is 3. The Bertz CT molecular complexity index is 236. The van der Waals surface area contributed by atoms with Gasteiger partial charge in [-0.15, -0.1) is 0 Å². The highest BCUT2D eigenvalue weighted by atomic mass is 31.2. The lowest BCUT2D eigenvalue weighted by Crippen LogP contribution is -2.35. The summed E-state index contributed by atoms with van der Waals surface area (Å²) in [5.41, 5.74) is 0. The van der Waals surface area contributed by atoms with Gasteiger partial charge in [0.15, 0.2) is 0 Å². The van der Waals surface area contributed by atoms with Gasteiger partial charge in [0.2, 0.25) is 0 Å². The molecule has 95 valence electrons. The monoisotopic (exact) mass is 252 g/mol. The standard InChI is InChI=1S/C9H19NO5P/c11-7-6-10-4-1-9(2-5-10)3-8-15-16(12,13)14/h9H,1-8H2,(H2,12,13,14). The molecular formula is C9H19NO5P. The first-order valence-corrected chi connectivity index (χ1v) is 7.05. The van der Waals surface area contributed by atoms with Crippen LogP contribution in [0.3, 0.4) is 0 Å². The lowest BCUT2D eigenvalue weighted by Gasteiger charge is -2.31. The van der Waals surface area contributed by atoms with E-state index in [1.54, 1.807) is 0 Å². The summed E-state index contributed by atoms with van der Waals surface area (Å²) in [5.74, 6) is 0.453. The van der Waals surface area contributed by atoms with E-state index in [1.807, 2.05) is 0 Å². The van der Waals surface area contributed by atoms with Crippen LogP contribution in [0.5, 0.6) is 0 Å². The number of phosphoric ester groups is 1. The van der Waals surface area contributed by atoms with Crippen LogP contribution in [0, 0.1) is 5.92 Å². The van der Waals surface area contributed by atoms with Gasteiger partial charge in [0.25, 0.3) is 0 Å². The Balaban J connectivity index is 2.10. The van der Waals surface area contributed by atoms with E-state index in [-0.39, 0.29) is 13.2 Å². The van der Waals surface area contributed by atoms with Crippen LogP contribution < -0.4 is 0 Å². The average molecular weight is 252 g/mol. The summed E-state index contributed by atoms with van der Waals surface area (Å²) in [4.78, 5) is 19.1. The minimum Gasteiger partial charge on any atom is -0.303 e. The lowest BCUT2D eigenvalue weighted by molar-refractivity contribution is 0.105. The van der Waals surface area contributed by atoms with Crippen molar-refractivity contribution in [1.82, 2.24) is 4.90 Å². The first-order chi connectivity index (χ1) is 7.51. The first-order valence-electron chi connectivity index (χ1n) is 5.52. The molecule has 0 aromatic rings. The Morgan fingerprint density at radius 1 is 1.31 bits per heavy atom. The van der Waals surface area contributed by atoms with Crippen molar-refractivity contribution in [3.63, 3.8) is 0 Å². The van der Waals surface area contributed by atoms with Gasteiger partial charge in [0, 0.05) is 6.54 Å². The molecule has 1 radical (unpaired) electrons. The van der Waals surface area contributed by atoms with Gasteiger partial charge < -0.3 is 14.7 Å². The fourth-order valence-corrected chi connectivity index (χ4v) is 2.31. The van der Waals surface area contributed by atoms with Crippen molar-refractivity contribution in [1.29, 1.82) is 0 Å². The molecule has 0 bridgehead atoms. The topological polar surface area (TPSA) is 89.9 Å². The number of rotatable bonds is 6. The van der Waals surface area contributed by atoms with Crippen LogP contribution in [0.4, 0.5) is 0 Å². The molecule has 0 aromatic carbocycles. The van der Waals surface area contributed by atoms with E-state index in [0.717, 1.165) is 25.9 Å². The lowest BCUT2D eigenvalue weighted by atomic mass is 9.94. The Hall–Kier alpha value is 0.0300. The molecule has 1 rings (SSSR count). The Morgan fingerprint density at radius 2 is 1.94 bits per heavy atom. The largest absolute Gasteiger partial charge is 0.469 e. The van der Waals surface area contributed by atoms with Crippen molar-refractivity contribution in [2.75, 3.05) is 32.8 Å². The van der Waals surface area contributed by atoms with E-state index in [0.29, 0.717) is 18.9 Å². The Labute approximate surface area is 95.5 Å². The average Bonchev–Trinajstić information content (AvgIpc) is 2.19. The van der Waals surface area contributed by atoms with Crippen LogP contribution in [-0.2, 0) is 14.2 Å². The molecule has 2 N–H and O–H groups in total. The Morgan fingerprint density at radius 3 is 2.44 bits per heavy atom. The number of piperidine rings is 1. The molecule has 1 heterocycles. The zero-order chi connectivity index (χ0) is 12.0. The van der Waals surface area contributed by atoms with Crippen LogP contribution in [0.15, 0.2) is 0 Å². The maximum Gasteiger partial charge on any atom is 0.469 e. The highest BCUT2D eigenvalue weighted by molar-refractivity contribution is 7.46.